The Bertz CT molecular complexity index is 402. The normalized spacial score (nSPS) is 10.4. The summed E-state index contributed by atoms with van der Waals surface area (Å²) in [6.45, 7) is 0. The Morgan fingerprint density at radius 1 is 1.70 bits per heavy atom. The smallest absolute Gasteiger partial charge is 0.282 e. The van der Waals surface area contributed by atoms with E-state index in [1.54, 1.807) is 12.4 Å². The molecule has 10 heavy (non-hydrogen) atoms. The van der Waals surface area contributed by atoms with Gasteiger partial charge in [-0.1, -0.05) is 0 Å². The first kappa shape index (κ1) is 5.16. The van der Waals surface area contributed by atoms with E-state index in [-0.39, 0.29) is 0 Å². The summed E-state index contributed by atoms with van der Waals surface area (Å²) < 4.78 is 5.91. The molecule has 0 spiro atoms. The summed E-state index contributed by atoms with van der Waals surface area (Å²) in [4.78, 5) is 14.5. The quantitative estimate of drug-likeness (QED) is 0.480. The number of aromatic nitrogens is 3. The molecule has 0 amide bonds. The average Bonchev–Trinajstić information content (AvgIpc) is 2.34. The number of aromatic amines is 1. The minimum atomic E-state index is -0.409. The van der Waals surface area contributed by atoms with Crippen molar-refractivity contribution in [1.82, 2.24) is 10.3 Å². The van der Waals surface area contributed by atoms with E-state index in [4.69, 9.17) is 0 Å². The van der Waals surface area contributed by atoms with Crippen molar-refractivity contribution in [2.75, 3.05) is 0 Å². The summed E-state index contributed by atoms with van der Waals surface area (Å²) in [7, 11) is 0. The number of nitrogens with one attached hydrogen (secondary N) is 1. The highest BCUT2D eigenvalue weighted by Gasteiger charge is 2.08. The van der Waals surface area contributed by atoms with Crippen LogP contribution in [0.2, 0.25) is 0 Å². The van der Waals surface area contributed by atoms with Gasteiger partial charge in [-0.3, -0.25) is 9.51 Å². The Morgan fingerprint density at radius 3 is 3.40 bits per heavy atom. The lowest BCUT2D eigenvalue weighted by molar-refractivity contribution is -0.595. The molecule has 0 atom stereocenters. The van der Waals surface area contributed by atoms with Gasteiger partial charge in [-0.25, -0.2) is 4.79 Å². The zero-order chi connectivity index (χ0) is 6.97. The topological polar surface area (TPSA) is 63.0 Å². The SMILES string of the molecule is O=c1o[nH][n+]2ccncc12. The van der Waals surface area contributed by atoms with E-state index in [1.165, 1.54) is 10.7 Å². The minimum absolute atomic E-state index is 0.405. The zero-order valence-corrected chi connectivity index (χ0v) is 4.94. The van der Waals surface area contributed by atoms with Crippen LogP contribution in [0.4, 0.5) is 0 Å². The summed E-state index contributed by atoms with van der Waals surface area (Å²) in [5.41, 5.74) is -0.00407. The molecule has 0 aliphatic rings. The van der Waals surface area contributed by atoms with Crippen molar-refractivity contribution < 1.29 is 9.04 Å². The summed E-state index contributed by atoms with van der Waals surface area (Å²) >= 11 is 0. The fourth-order valence-electron chi connectivity index (χ4n) is 0.735. The molecule has 2 aromatic rings. The molecule has 2 aromatic heterocycles. The fraction of sp³-hybridized carbons (Fsp3) is 0. The molecule has 2 heterocycles. The highest BCUT2D eigenvalue weighted by Crippen LogP contribution is 1.78. The molecule has 0 aliphatic carbocycles. The molecule has 0 aliphatic heterocycles. The van der Waals surface area contributed by atoms with Crippen molar-refractivity contribution in [3.05, 3.63) is 29.0 Å². The van der Waals surface area contributed by atoms with E-state index in [0.717, 1.165) is 0 Å². The Kier molecular flexibility index (Phi) is 0.858. The van der Waals surface area contributed by atoms with Crippen molar-refractivity contribution in [2.24, 2.45) is 0 Å². The van der Waals surface area contributed by atoms with Gasteiger partial charge in [0.05, 0.1) is 6.20 Å². The lowest BCUT2D eigenvalue weighted by atomic mass is 10.6. The molecule has 2 rings (SSSR count). The lowest BCUT2D eigenvalue weighted by Gasteiger charge is -1.71. The van der Waals surface area contributed by atoms with Gasteiger partial charge in [0.15, 0.2) is 0 Å². The molecule has 50 valence electrons. The largest absolute Gasteiger partial charge is 0.436 e. The number of nitrogens with zero attached hydrogens (tertiary/aromatic N) is 2. The molecule has 0 fully saturated rings. The highest BCUT2D eigenvalue weighted by molar-refractivity contribution is 5.29. The van der Waals surface area contributed by atoms with Crippen molar-refractivity contribution >= 4 is 5.52 Å². The van der Waals surface area contributed by atoms with Crippen LogP contribution >= 0.6 is 0 Å². The molecule has 0 radical (unpaired) electrons. The van der Waals surface area contributed by atoms with Gasteiger partial charge in [-0.2, -0.15) is 0 Å². The van der Waals surface area contributed by atoms with Gasteiger partial charge < -0.3 is 0 Å². The Hall–Kier alpha value is -1.65. The lowest BCUT2D eigenvalue weighted by Crippen LogP contribution is -2.23. The van der Waals surface area contributed by atoms with Gasteiger partial charge in [0, 0.05) is 0 Å². The van der Waals surface area contributed by atoms with Crippen LogP contribution in [0.3, 0.4) is 0 Å². The third-order valence-electron chi connectivity index (χ3n) is 1.20. The molecule has 0 saturated carbocycles. The van der Waals surface area contributed by atoms with Gasteiger partial charge in [0.25, 0.3) is 0 Å². The van der Waals surface area contributed by atoms with Gasteiger partial charge in [-0.05, 0) is 9.79 Å². The zero-order valence-electron chi connectivity index (χ0n) is 4.94. The highest BCUT2D eigenvalue weighted by atomic mass is 16.5. The van der Waals surface area contributed by atoms with Crippen molar-refractivity contribution in [2.45, 2.75) is 0 Å². The predicted molar refractivity (Wildman–Crippen MR) is 30.3 cm³/mol. The summed E-state index contributed by atoms with van der Waals surface area (Å²) in [6.07, 6.45) is 4.58. The van der Waals surface area contributed by atoms with Gasteiger partial charge in [0.1, 0.15) is 6.20 Å². The number of H-pyrrole nitrogens is 1. The molecular weight excluding hydrogens is 134 g/mol. The maximum Gasteiger partial charge on any atom is 0.436 e. The van der Waals surface area contributed by atoms with Crippen LogP contribution in [-0.4, -0.2) is 10.3 Å². The molecule has 1 N–H and O–H groups in total. The Morgan fingerprint density at radius 2 is 2.60 bits per heavy atom. The summed E-state index contributed by atoms with van der Waals surface area (Å²) in [6, 6.07) is 0. The van der Waals surface area contributed by atoms with E-state index in [0.29, 0.717) is 5.52 Å². The van der Waals surface area contributed by atoms with Crippen molar-refractivity contribution in [1.29, 1.82) is 0 Å². The van der Waals surface area contributed by atoms with E-state index in [1.807, 2.05) is 0 Å². The van der Waals surface area contributed by atoms with E-state index >= 15 is 0 Å². The third kappa shape index (κ3) is 0.540. The molecule has 5 nitrogen and oxygen atoms in total. The van der Waals surface area contributed by atoms with Crippen LogP contribution in [0, 0.1) is 0 Å². The number of fused-ring (bicyclic) bond motifs is 1. The van der Waals surface area contributed by atoms with Gasteiger partial charge >= 0.3 is 11.1 Å². The molecule has 0 saturated heterocycles. The second kappa shape index (κ2) is 1.66. The second-order valence-corrected chi connectivity index (χ2v) is 1.81. The molecule has 0 aromatic carbocycles. The maximum absolute atomic E-state index is 10.7. The van der Waals surface area contributed by atoms with E-state index in [2.05, 4.69) is 14.8 Å². The molecular formula is C5H4N3O2+. The number of hydrogen-bond acceptors (Lipinski definition) is 3. The first-order chi connectivity index (χ1) is 4.88. The van der Waals surface area contributed by atoms with Crippen LogP contribution < -0.4 is 10.1 Å². The standard InChI is InChI=1S/C5H3N3O2/c9-5-4-3-6-1-2-8(4)7-10-5/h1-3H/p+1. The monoisotopic (exact) mass is 138 g/mol. The first-order valence-corrected chi connectivity index (χ1v) is 2.71. The van der Waals surface area contributed by atoms with Crippen LogP contribution in [0.25, 0.3) is 5.52 Å². The van der Waals surface area contributed by atoms with Crippen LogP contribution in [0.1, 0.15) is 0 Å². The summed E-state index contributed by atoms with van der Waals surface area (Å²) in [5.74, 6) is 0. The van der Waals surface area contributed by atoms with Crippen molar-refractivity contribution in [3.63, 3.8) is 0 Å². The maximum atomic E-state index is 10.7. The Balaban J connectivity index is 3.07. The number of hydrogen-bond donors (Lipinski definition) is 1. The third-order valence-corrected chi connectivity index (χ3v) is 1.20. The molecule has 0 bridgehead atoms. The van der Waals surface area contributed by atoms with Crippen LogP contribution in [0.15, 0.2) is 27.9 Å². The first-order valence-electron chi connectivity index (χ1n) is 2.71. The fourth-order valence-corrected chi connectivity index (χ4v) is 0.735. The van der Waals surface area contributed by atoms with Crippen LogP contribution in [-0.2, 0) is 0 Å². The Labute approximate surface area is 54.9 Å². The van der Waals surface area contributed by atoms with E-state index < -0.39 is 5.63 Å². The predicted octanol–water partition coefficient (Wildman–Crippen LogP) is -0.898. The van der Waals surface area contributed by atoms with Gasteiger partial charge in [0.2, 0.25) is 6.20 Å². The molecule has 0 unspecified atom stereocenters. The van der Waals surface area contributed by atoms with Crippen molar-refractivity contribution in [3.8, 4) is 0 Å². The minimum Gasteiger partial charge on any atom is -0.282 e. The second-order valence-electron chi connectivity index (χ2n) is 1.81. The van der Waals surface area contributed by atoms with E-state index in [9.17, 15) is 4.79 Å². The average molecular weight is 138 g/mol. The molecule has 5 heteroatoms. The number of rotatable bonds is 0. The van der Waals surface area contributed by atoms with Gasteiger partial charge in [-0.15, -0.1) is 0 Å². The summed E-state index contributed by atoms with van der Waals surface area (Å²) in [5, 5.41) is 2.38. The van der Waals surface area contributed by atoms with Crippen LogP contribution in [0.5, 0.6) is 0 Å².